The van der Waals surface area contributed by atoms with Crippen LogP contribution >= 0.6 is 11.8 Å². The molecule has 0 aromatic heterocycles. The highest BCUT2D eigenvalue weighted by atomic mass is 32.2. The van der Waals surface area contributed by atoms with Gasteiger partial charge in [0.1, 0.15) is 0 Å². The van der Waals surface area contributed by atoms with E-state index < -0.39 is 33.9 Å². The molecule has 2 rings (SSSR count). The Morgan fingerprint density at radius 1 is 1.22 bits per heavy atom. The smallest absolute Gasteiger partial charge is 0.307 e. The molecule has 9 heteroatoms. The summed E-state index contributed by atoms with van der Waals surface area (Å²) in [5.41, 5.74) is 0.522. The first kappa shape index (κ1) is 21.4. The monoisotopic (exact) mass is 413 g/mol. The fraction of sp³-hybridized carbons (Fsp3) is 0.500. The molecule has 1 aliphatic rings. The Kier molecular flexibility index (Phi) is 7.43. The lowest BCUT2D eigenvalue weighted by Crippen LogP contribution is -2.42. The number of hydrogen-bond donors (Lipinski definition) is 1. The van der Waals surface area contributed by atoms with Crippen molar-refractivity contribution in [3.63, 3.8) is 0 Å². The third-order valence-electron chi connectivity index (χ3n) is 4.22. The second kappa shape index (κ2) is 9.36. The molecule has 1 aromatic rings. The summed E-state index contributed by atoms with van der Waals surface area (Å²) < 4.78 is 27.8. The van der Waals surface area contributed by atoms with Crippen LogP contribution in [0.15, 0.2) is 29.2 Å². The van der Waals surface area contributed by atoms with E-state index in [-0.39, 0.29) is 30.1 Å². The molecule has 0 spiro atoms. The van der Waals surface area contributed by atoms with Gasteiger partial charge in [-0.25, -0.2) is 8.42 Å². The maximum Gasteiger partial charge on any atom is 0.307 e. The number of nitrogens with one attached hydrogen (secondary N) is 1. The molecule has 7 nitrogen and oxygen atoms in total. The zero-order chi connectivity index (χ0) is 20.0. The molecule has 1 amide bonds. The van der Waals surface area contributed by atoms with Gasteiger partial charge in [-0.2, -0.15) is 0 Å². The third kappa shape index (κ3) is 6.66. The molecule has 0 aliphatic carbocycles. The fourth-order valence-corrected chi connectivity index (χ4v) is 4.76. The SMILES string of the molecule is CSc1ccc(C(=O)CCC(=O)O[C@H](C)C(=O)N[C@@H]2CCS(=O)(=O)C2)cc1. The predicted octanol–water partition coefficient (Wildman–Crippen LogP) is 1.61. The zero-order valence-corrected chi connectivity index (χ0v) is 16.9. The van der Waals surface area contributed by atoms with Crippen molar-refractivity contribution in [1.29, 1.82) is 0 Å². The molecule has 1 aliphatic heterocycles. The van der Waals surface area contributed by atoms with Crippen LogP contribution in [0.3, 0.4) is 0 Å². The van der Waals surface area contributed by atoms with Crippen molar-refractivity contribution in [1.82, 2.24) is 5.32 Å². The molecule has 1 N–H and O–H groups in total. The second-order valence-electron chi connectivity index (χ2n) is 6.39. The Balaban J connectivity index is 1.75. The van der Waals surface area contributed by atoms with Gasteiger partial charge in [0, 0.05) is 22.9 Å². The lowest BCUT2D eigenvalue weighted by molar-refractivity contribution is -0.154. The van der Waals surface area contributed by atoms with Gasteiger partial charge in [-0.1, -0.05) is 12.1 Å². The van der Waals surface area contributed by atoms with Crippen molar-refractivity contribution >= 4 is 39.3 Å². The van der Waals surface area contributed by atoms with Crippen LogP contribution in [0.25, 0.3) is 0 Å². The van der Waals surface area contributed by atoms with E-state index in [1.807, 2.05) is 18.4 Å². The van der Waals surface area contributed by atoms with Crippen LogP contribution in [0.4, 0.5) is 0 Å². The summed E-state index contributed by atoms with van der Waals surface area (Å²) in [6.45, 7) is 1.42. The summed E-state index contributed by atoms with van der Waals surface area (Å²) in [7, 11) is -3.10. The number of esters is 1. The Hall–Kier alpha value is -1.87. The first-order valence-electron chi connectivity index (χ1n) is 8.57. The first-order chi connectivity index (χ1) is 12.7. The molecule has 1 fully saturated rings. The van der Waals surface area contributed by atoms with Gasteiger partial charge in [-0.3, -0.25) is 14.4 Å². The third-order valence-corrected chi connectivity index (χ3v) is 6.74. The number of ketones is 1. The average Bonchev–Trinajstić information content (AvgIpc) is 2.98. The maximum absolute atomic E-state index is 12.1. The van der Waals surface area contributed by atoms with E-state index in [4.69, 9.17) is 4.74 Å². The Morgan fingerprint density at radius 3 is 2.44 bits per heavy atom. The van der Waals surface area contributed by atoms with E-state index in [1.165, 1.54) is 6.92 Å². The number of hydrogen-bond acceptors (Lipinski definition) is 7. The molecule has 148 valence electrons. The number of carbonyl (C=O) groups is 3. The lowest BCUT2D eigenvalue weighted by Gasteiger charge is -2.16. The number of sulfone groups is 1. The summed E-state index contributed by atoms with van der Waals surface area (Å²) in [5.74, 6) is -1.40. The van der Waals surface area contributed by atoms with Crippen molar-refractivity contribution < 1.29 is 27.5 Å². The van der Waals surface area contributed by atoms with Crippen LogP contribution in [0.2, 0.25) is 0 Å². The fourth-order valence-electron chi connectivity index (χ4n) is 2.67. The quantitative estimate of drug-likeness (QED) is 0.392. The lowest BCUT2D eigenvalue weighted by atomic mass is 10.1. The maximum atomic E-state index is 12.1. The number of carbonyl (C=O) groups excluding carboxylic acids is 3. The van der Waals surface area contributed by atoms with Crippen LogP contribution in [-0.4, -0.2) is 56.0 Å². The van der Waals surface area contributed by atoms with E-state index in [0.717, 1.165) is 4.90 Å². The molecule has 2 atom stereocenters. The molecular formula is C18H23NO6S2. The highest BCUT2D eigenvalue weighted by Crippen LogP contribution is 2.16. The van der Waals surface area contributed by atoms with Gasteiger partial charge in [0.15, 0.2) is 21.7 Å². The molecule has 27 heavy (non-hydrogen) atoms. The van der Waals surface area contributed by atoms with Gasteiger partial charge >= 0.3 is 5.97 Å². The number of benzene rings is 1. The minimum Gasteiger partial charge on any atom is -0.453 e. The Bertz CT molecular complexity index is 804. The van der Waals surface area contributed by atoms with Gasteiger partial charge < -0.3 is 10.1 Å². The largest absolute Gasteiger partial charge is 0.453 e. The number of thioether (sulfide) groups is 1. The molecule has 0 unspecified atom stereocenters. The molecular weight excluding hydrogens is 390 g/mol. The topological polar surface area (TPSA) is 107 Å². The standard InChI is InChI=1S/C18H23NO6S2/c1-12(18(22)19-14-9-10-27(23,24)11-14)25-17(21)8-7-16(20)13-3-5-15(26-2)6-4-13/h3-6,12,14H,7-11H2,1-2H3,(H,19,22)/t12-,14-/m1/s1. The van der Waals surface area contributed by atoms with Gasteiger partial charge in [0.25, 0.3) is 5.91 Å². The van der Waals surface area contributed by atoms with E-state index in [2.05, 4.69) is 5.32 Å². The molecule has 1 aromatic carbocycles. The van der Waals surface area contributed by atoms with Crippen LogP contribution < -0.4 is 5.32 Å². The van der Waals surface area contributed by atoms with Gasteiger partial charge in [-0.15, -0.1) is 11.8 Å². The normalized spacial score (nSPS) is 19.3. The number of amides is 1. The first-order valence-corrected chi connectivity index (χ1v) is 11.6. The van der Waals surface area contributed by atoms with Crippen LogP contribution in [-0.2, 0) is 24.2 Å². The zero-order valence-electron chi connectivity index (χ0n) is 15.3. The van der Waals surface area contributed by atoms with Crippen molar-refractivity contribution in [3.8, 4) is 0 Å². The number of ether oxygens (including phenoxy) is 1. The summed E-state index contributed by atoms with van der Waals surface area (Å²) in [5, 5.41) is 2.58. The van der Waals surface area contributed by atoms with Crippen LogP contribution in [0.1, 0.15) is 36.5 Å². The van der Waals surface area contributed by atoms with Crippen molar-refractivity contribution in [2.45, 2.75) is 43.2 Å². The van der Waals surface area contributed by atoms with Gasteiger partial charge in [0.2, 0.25) is 0 Å². The van der Waals surface area contributed by atoms with Crippen molar-refractivity contribution in [3.05, 3.63) is 29.8 Å². The van der Waals surface area contributed by atoms with E-state index in [1.54, 1.807) is 23.9 Å². The molecule has 1 heterocycles. The minimum absolute atomic E-state index is 0.00729. The minimum atomic E-state index is -3.10. The molecule has 0 saturated carbocycles. The summed E-state index contributed by atoms with van der Waals surface area (Å²) in [6.07, 6.45) is 1.12. The predicted molar refractivity (Wildman–Crippen MR) is 103 cm³/mol. The summed E-state index contributed by atoms with van der Waals surface area (Å²) in [4.78, 5) is 37.0. The Labute approximate surface area is 163 Å². The van der Waals surface area contributed by atoms with Gasteiger partial charge in [-0.05, 0) is 31.7 Å². The van der Waals surface area contributed by atoms with E-state index >= 15 is 0 Å². The Morgan fingerprint density at radius 2 is 1.89 bits per heavy atom. The highest BCUT2D eigenvalue weighted by molar-refractivity contribution is 7.98. The van der Waals surface area contributed by atoms with E-state index in [9.17, 15) is 22.8 Å². The van der Waals surface area contributed by atoms with Gasteiger partial charge in [0.05, 0.1) is 17.9 Å². The van der Waals surface area contributed by atoms with E-state index in [0.29, 0.717) is 12.0 Å². The number of rotatable bonds is 8. The molecule has 1 saturated heterocycles. The summed E-state index contributed by atoms with van der Waals surface area (Å²) >= 11 is 1.57. The summed E-state index contributed by atoms with van der Waals surface area (Å²) in [6, 6.07) is 6.66. The average molecular weight is 414 g/mol. The van der Waals surface area contributed by atoms with Crippen LogP contribution in [0, 0.1) is 0 Å². The molecule has 0 bridgehead atoms. The van der Waals surface area contributed by atoms with Crippen molar-refractivity contribution in [2.24, 2.45) is 0 Å². The molecule has 0 radical (unpaired) electrons. The second-order valence-corrected chi connectivity index (χ2v) is 9.50. The van der Waals surface area contributed by atoms with Crippen LogP contribution in [0.5, 0.6) is 0 Å². The number of Topliss-reactive ketones (excluding diaryl/α,β-unsaturated/α-hetero) is 1. The van der Waals surface area contributed by atoms with Crippen molar-refractivity contribution in [2.75, 3.05) is 17.8 Å². The highest BCUT2D eigenvalue weighted by Gasteiger charge is 2.30.